The molecule has 1 heterocycles. The van der Waals surface area contributed by atoms with Crippen LogP contribution in [0.4, 0.5) is 0 Å². The Labute approximate surface area is 95.1 Å². The summed E-state index contributed by atoms with van der Waals surface area (Å²) in [7, 11) is 0. The Bertz CT molecular complexity index is 639. The Morgan fingerprint density at radius 1 is 1.29 bits per heavy atom. The van der Waals surface area contributed by atoms with Crippen LogP contribution in [0, 0.1) is 0 Å². The summed E-state index contributed by atoms with van der Waals surface area (Å²) in [4.78, 5) is 35.6. The maximum atomic E-state index is 11.3. The molecule has 0 aliphatic carbocycles. The van der Waals surface area contributed by atoms with Gasteiger partial charge in [-0.25, -0.2) is 9.59 Å². The molecular formula is C11H8N2O4. The number of carbonyl (C=O) groups is 2. The first kappa shape index (κ1) is 10.9. The number of nitrogens with zero attached hydrogens (tertiary/aromatic N) is 1. The molecule has 2 rings (SSSR count). The van der Waals surface area contributed by atoms with Crippen molar-refractivity contribution < 1.29 is 14.7 Å². The zero-order chi connectivity index (χ0) is 12.4. The Hall–Kier alpha value is -2.63. The van der Waals surface area contributed by atoms with Gasteiger partial charge in [0.2, 0.25) is 0 Å². The van der Waals surface area contributed by atoms with Gasteiger partial charge in [-0.05, 0) is 12.1 Å². The summed E-state index contributed by atoms with van der Waals surface area (Å²) in [6, 6.07) is 5.86. The molecule has 0 fully saturated rings. The number of carboxylic acids is 1. The first-order valence-corrected chi connectivity index (χ1v) is 4.73. The highest BCUT2D eigenvalue weighted by molar-refractivity contribution is 6.39. The molecule has 0 aliphatic rings. The fourth-order valence-electron chi connectivity index (χ4n) is 1.44. The maximum absolute atomic E-state index is 11.3. The van der Waals surface area contributed by atoms with E-state index in [2.05, 4.69) is 4.98 Å². The predicted octanol–water partition coefficient (Wildman–Crippen LogP) is 0.433. The lowest BCUT2D eigenvalue weighted by Crippen LogP contribution is -2.16. The Morgan fingerprint density at radius 2 is 2.06 bits per heavy atom. The lowest BCUT2D eigenvalue weighted by Gasteiger charge is -2.02. The van der Waals surface area contributed by atoms with Crippen LogP contribution < -0.4 is 5.69 Å². The molecule has 0 saturated carbocycles. The Balaban J connectivity index is 2.49. The van der Waals surface area contributed by atoms with Crippen molar-refractivity contribution in [2.75, 3.05) is 0 Å². The zero-order valence-electron chi connectivity index (χ0n) is 8.58. The third kappa shape index (κ3) is 2.00. The number of hydrogen-bond donors (Lipinski definition) is 2. The van der Waals surface area contributed by atoms with Gasteiger partial charge in [-0.1, -0.05) is 12.1 Å². The Kier molecular flexibility index (Phi) is 2.61. The van der Waals surface area contributed by atoms with Crippen molar-refractivity contribution in [3.05, 3.63) is 52.7 Å². The van der Waals surface area contributed by atoms with E-state index in [-0.39, 0.29) is 11.3 Å². The van der Waals surface area contributed by atoms with Crippen molar-refractivity contribution in [2.24, 2.45) is 0 Å². The molecule has 1 aromatic heterocycles. The standard InChI is InChI=1S/C11H8N2O4/c14-9(10(15)16)7-2-1-3-8(6-7)13-5-4-12-11(13)17/h1-6H,(H,12,17)(H,15,16). The number of carbonyl (C=O) groups excluding carboxylic acids is 1. The number of carboxylic acid groups (broad SMARTS) is 1. The molecular weight excluding hydrogens is 224 g/mol. The number of aromatic nitrogens is 2. The molecule has 2 aromatic rings. The van der Waals surface area contributed by atoms with E-state index in [4.69, 9.17) is 5.11 Å². The van der Waals surface area contributed by atoms with Crippen LogP contribution in [0.15, 0.2) is 41.5 Å². The number of aromatic amines is 1. The summed E-state index contributed by atoms with van der Waals surface area (Å²) in [5, 5.41) is 8.59. The van der Waals surface area contributed by atoms with Gasteiger partial charge < -0.3 is 10.1 Å². The molecule has 0 radical (unpaired) electrons. The quantitative estimate of drug-likeness (QED) is 0.593. The van der Waals surface area contributed by atoms with Gasteiger partial charge in [-0.3, -0.25) is 9.36 Å². The second kappa shape index (κ2) is 4.09. The average molecular weight is 232 g/mol. The van der Waals surface area contributed by atoms with Gasteiger partial charge in [0.1, 0.15) is 0 Å². The highest BCUT2D eigenvalue weighted by atomic mass is 16.4. The molecule has 6 nitrogen and oxygen atoms in total. The fraction of sp³-hybridized carbons (Fsp3) is 0. The van der Waals surface area contributed by atoms with Crippen LogP contribution in [0.5, 0.6) is 0 Å². The summed E-state index contributed by atoms with van der Waals surface area (Å²) >= 11 is 0. The van der Waals surface area contributed by atoms with Gasteiger partial charge >= 0.3 is 11.7 Å². The Morgan fingerprint density at radius 3 is 2.65 bits per heavy atom. The summed E-state index contributed by atoms with van der Waals surface area (Å²) in [6.45, 7) is 0. The molecule has 17 heavy (non-hydrogen) atoms. The van der Waals surface area contributed by atoms with E-state index >= 15 is 0 Å². The minimum absolute atomic E-state index is 0.0306. The zero-order valence-corrected chi connectivity index (χ0v) is 8.58. The van der Waals surface area contributed by atoms with Crippen molar-refractivity contribution in [1.82, 2.24) is 9.55 Å². The normalized spacial score (nSPS) is 10.1. The highest BCUT2D eigenvalue weighted by Crippen LogP contribution is 2.09. The number of aliphatic carboxylic acids is 1. The molecule has 0 amide bonds. The molecule has 1 aromatic carbocycles. The first-order valence-electron chi connectivity index (χ1n) is 4.73. The number of H-pyrrole nitrogens is 1. The van der Waals surface area contributed by atoms with Gasteiger partial charge in [0.05, 0.1) is 5.69 Å². The van der Waals surface area contributed by atoms with Crippen molar-refractivity contribution in [2.45, 2.75) is 0 Å². The van der Waals surface area contributed by atoms with Crippen molar-refractivity contribution in [1.29, 1.82) is 0 Å². The van der Waals surface area contributed by atoms with Crippen LogP contribution in [-0.4, -0.2) is 26.4 Å². The molecule has 0 spiro atoms. The molecule has 2 N–H and O–H groups in total. The van der Waals surface area contributed by atoms with Crippen LogP contribution in [0.25, 0.3) is 5.69 Å². The summed E-state index contributed by atoms with van der Waals surface area (Å²) in [6.07, 6.45) is 2.95. The number of rotatable bonds is 3. The second-order valence-electron chi connectivity index (χ2n) is 3.32. The first-order chi connectivity index (χ1) is 8.09. The van der Waals surface area contributed by atoms with Gasteiger partial charge in [-0.2, -0.15) is 0 Å². The SMILES string of the molecule is O=C(O)C(=O)c1cccc(-n2cc[nH]c2=O)c1. The summed E-state index contributed by atoms with van der Waals surface area (Å²) < 4.78 is 1.28. The fourth-order valence-corrected chi connectivity index (χ4v) is 1.44. The lowest BCUT2D eigenvalue weighted by molar-refractivity contribution is -0.131. The van der Waals surface area contributed by atoms with Crippen LogP contribution in [0.2, 0.25) is 0 Å². The van der Waals surface area contributed by atoms with E-state index in [9.17, 15) is 14.4 Å². The minimum atomic E-state index is -1.52. The van der Waals surface area contributed by atoms with E-state index in [1.165, 1.54) is 35.2 Å². The summed E-state index contributed by atoms with van der Waals surface area (Å²) in [5.74, 6) is -2.53. The van der Waals surface area contributed by atoms with Crippen molar-refractivity contribution in [3.8, 4) is 5.69 Å². The van der Waals surface area contributed by atoms with Crippen LogP contribution >= 0.6 is 0 Å². The van der Waals surface area contributed by atoms with Crippen molar-refractivity contribution >= 4 is 11.8 Å². The molecule has 0 unspecified atom stereocenters. The van der Waals surface area contributed by atoms with Crippen molar-refractivity contribution in [3.63, 3.8) is 0 Å². The third-order valence-electron chi connectivity index (χ3n) is 2.23. The number of ketones is 1. The van der Waals surface area contributed by atoms with Gasteiger partial charge in [0.15, 0.2) is 0 Å². The second-order valence-corrected chi connectivity index (χ2v) is 3.32. The molecule has 0 saturated heterocycles. The molecule has 0 bridgehead atoms. The van der Waals surface area contributed by atoms with Gasteiger partial charge in [-0.15, -0.1) is 0 Å². The van der Waals surface area contributed by atoms with Crippen LogP contribution in [-0.2, 0) is 4.79 Å². The monoisotopic (exact) mass is 232 g/mol. The molecule has 0 atom stereocenters. The smallest absolute Gasteiger partial charge is 0.377 e. The largest absolute Gasteiger partial charge is 0.475 e. The van der Waals surface area contributed by atoms with Gasteiger partial charge in [0.25, 0.3) is 5.78 Å². The maximum Gasteiger partial charge on any atom is 0.377 e. The molecule has 6 heteroatoms. The number of imidazole rings is 1. The number of hydrogen-bond acceptors (Lipinski definition) is 3. The highest BCUT2D eigenvalue weighted by Gasteiger charge is 2.14. The van der Waals surface area contributed by atoms with E-state index < -0.39 is 11.8 Å². The van der Waals surface area contributed by atoms with Gasteiger partial charge in [0, 0.05) is 18.0 Å². The molecule has 0 aliphatic heterocycles. The number of benzene rings is 1. The van der Waals surface area contributed by atoms with E-state index in [0.717, 1.165) is 0 Å². The van der Waals surface area contributed by atoms with E-state index in [1.807, 2.05) is 0 Å². The van der Waals surface area contributed by atoms with Crippen LogP contribution in [0.1, 0.15) is 10.4 Å². The lowest BCUT2D eigenvalue weighted by atomic mass is 10.1. The predicted molar refractivity (Wildman–Crippen MR) is 58.4 cm³/mol. The minimum Gasteiger partial charge on any atom is -0.475 e. The number of Topliss-reactive ketones (excluding diaryl/α,β-unsaturated/α-hetero) is 1. The summed E-state index contributed by atoms with van der Waals surface area (Å²) in [5.41, 5.74) is 0.108. The number of nitrogens with one attached hydrogen (secondary N) is 1. The topological polar surface area (TPSA) is 92.2 Å². The van der Waals surface area contributed by atoms with E-state index in [1.54, 1.807) is 6.07 Å². The third-order valence-corrected chi connectivity index (χ3v) is 2.23. The van der Waals surface area contributed by atoms with E-state index in [0.29, 0.717) is 5.69 Å². The van der Waals surface area contributed by atoms with Crippen LogP contribution in [0.3, 0.4) is 0 Å². The average Bonchev–Trinajstić information content (AvgIpc) is 2.74. The molecule has 86 valence electrons.